The van der Waals surface area contributed by atoms with Crippen LogP contribution in [0.1, 0.15) is 164 Å². The number of ether oxygens (including phenoxy) is 1. The fourth-order valence-electron chi connectivity index (χ4n) is 13.7. The third-order valence-electron chi connectivity index (χ3n) is 16.4. The van der Waals surface area contributed by atoms with Crippen LogP contribution in [0.4, 0.5) is 0 Å². The van der Waals surface area contributed by atoms with Gasteiger partial charge in [-0.1, -0.05) is 90.1 Å². The second-order valence-electron chi connectivity index (χ2n) is 21.5. The molecular formula is C50H63NO5. The van der Waals surface area contributed by atoms with E-state index < -0.39 is 41.0 Å². The van der Waals surface area contributed by atoms with Crippen molar-refractivity contribution >= 4 is 22.3 Å². The first kappa shape index (κ1) is 38.2. The number of rotatable bonds is 4. The summed E-state index contributed by atoms with van der Waals surface area (Å²) in [5.41, 5.74) is 7.83. The quantitative estimate of drug-likeness (QED) is 0.231. The summed E-state index contributed by atoms with van der Waals surface area (Å²) >= 11 is 0. The highest BCUT2D eigenvalue weighted by atomic mass is 16.5. The van der Waals surface area contributed by atoms with E-state index >= 15 is 0 Å². The molecule has 2 fully saturated rings. The fourth-order valence-corrected chi connectivity index (χ4v) is 13.7. The van der Waals surface area contributed by atoms with Crippen molar-refractivity contribution in [3.63, 3.8) is 0 Å². The first-order chi connectivity index (χ1) is 26.0. The molecule has 6 aliphatic rings. The molecule has 2 aromatic carbocycles. The number of aliphatic hydroxyl groups is 3. The van der Waals surface area contributed by atoms with Crippen molar-refractivity contribution in [2.45, 2.75) is 155 Å². The van der Waals surface area contributed by atoms with Gasteiger partial charge in [-0.15, -0.1) is 0 Å². The predicted molar refractivity (Wildman–Crippen MR) is 224 cm³/mol. The van der Waals surface area contributed by atoms with Crippen LogP contribution in [-0.4, -0.2) is 43.0 Å². The van der Waals surface area contributed by atoms with Crippen LogP contribution in [0, 0.1) is 28.6 Å². The summed E-state index contributed by atoms with van der Waals surface area (Å²) in [5, 5.41) is 36.8. The average Bonchev–Trinajstić information content (AvgIpc) is 3.77. The van der Waals surface area contributed by atoms with Crippen LogP contribution in [0.15, 0.2) is 60.7 Å². The first-order valence-electron chi connectivity index (χ1n) is 21.2. The molecule has 3 heterocycles. The molecule has 0 saturated heterocycles. The molecule has 6 nitrogen and oxygen atoms in total. The maximum atomic E-state index is 15.0. The zero-order valence-electron chi connectivity index (χ0n) is 35.5. The second kappa shape index (κ2) is 11.7. The van der Waals surface area contributed by atoms with Crippen molar-refractivity contribution in [2.24, 2.45) is 28.6 Å². The van der Waals surface area contributed by atoms with E-state index in [0.29, 0.717) is 17.9 Å². The highest BCUT2D eigenvalue weighted by molar-refractivity contribution is 6.18. The number of aromatic nitrogens is 1. The van der Waals surface area contributed by atoms with Crippen molar-refractivity contribution in [3.8, 4) is 0 Å². The Morgan fingerprint density at radius 1 is 1.02 bits per heavy atom. The smallest absolute Gasteiger partial charge is 0.192 e. The Kier molecular flexibility index (Phi) is 7.97. The summed E-state index contributed by atoms with van der Waals surface area (Å²) in [4.78, 5) is 15.0. The summed E-state index contributed by atoms with van der Waals surface area (Å²) in [5.74, 6) is 0.295. The van der Waals surface area contributed by atoms with Crippen molar-refractivity contribution in [1.29, 1.82) is 0 Å². The summed E-state index contributed by atoms with van der Waals surface area (Å²) in [6, 6.07) is 10.0. The molecule has 0 bridgehead atoms. The van der Waals surface area contributed by atoms with Crippen molar-refractivity contribution in [2.75, 3.05) is 0 Å². The predicted octanol–water partition coefficient (Wildman–Crippen LogP) is 10.2. The van der Waals surface area contributed by atoms with E-state index in [1.807, 2.05) is 25.1 Å². The lowest BCUT2D eigenvalue weighted by molar-refractivity contribution is -0.145. The number of carbonyl (C=O) groups excluding carboxylic acids is 1. The van der Waals surface area contributed by atoms with Crippen LogP contribution in [0.3, 0.4) is 0 Å². The van der Waals surface area contributed by atoms with Gasteiger partial charge < -0.3 is 24.6 Å². The number of aliphatic hydroxyl groups excluding tert-OH is 3. The minimum Gasteiger partial charge on any atom is -0.392 e. The molecule has 0 amide bonds. The number of Topliss-reactive ketones (excluding diaryl/α,β-unsaturated/α-hetero) is 1. The van der Waals surface area contributed by atoms with Crippen LogP contribution < -0.4 is 0 Å². The van der Waals surface area contributed by atoms with Crippen LogP contribution in [0.5, 0.6) is 0 Å². The molecule has 298 valence electrons. The molecule has 10 atom stereocenters. The molecule has 2 aliphatic heterocycles. The Morgan fingerprint density at radius 2 is 1.70 bits per heavy atom. The molecule has 3 unspecified atom stereocenters. The standard InChI is InChI=1S/C50H63NO5/c1-26(2)40-43(55)38-37-30(33-25-46(6,7)56-47(8,9)39(33)42(37)54)24-31-32-23-29-17-18-35-48(10,21-19-34(52)27-13-15-28(16-14-27)45(3,4)5)36(53)20-22-49(35,11)50(29,12)44(32)51(40)41(31)38/h13-16,19,21,24-25,29,34-36,39-40,42,52-54H,1,17-18,20,22-23H2,2-12H3/b21-19+/t29?,34?,35-,36-,39?,40-,42+,48-,49-,50+/m0/s1. The molecule has 56 heavy (non-hydrogen) atoms. The minimum absolute atomic E-state index is 0.0319. The number of carbonyl (C=O) groups is 1. The Morgan fingerprint density at radius 3 is 2.34 bits per heavy atom. The maximum Gasteiger partial charge on any atom is 0.192 e. The summed E-state index contributed by atoms with van der Waals surface area (Å²) in [6.07, 6.45) is 8.55. The normalized spacial score (nSPS) is 36.9. The van der Waals surface area contributed by atoms with E-state index in [4.69, 9.17) is 4.74 Å². The largest absolute Gasteiger partial charge is 0.392 e. The monoisotopic (exact) mass is 757 g/mol. The van der Waals surface area contributed by atoms with Crippen LogP contribution in [0.2, 0.25) is 0 Å². The minimum atomic E-state index is -0.855. The van der Waals surface area contributed by atoms with Gasteiger partial charge in [-0.2, -0.15) is 0 Å². The maximum absolute atomic E-state index is 15.0. The first-order valence-corrected chi connectivity index (χ1v) is 21.2. The van der Waals surface area contributed by atoms with Gasteiger partial charge in [-0.3, -0.25) is 4.79 Å². The lowest BCUT2D eigenvalue weighted by Crippen LogP contribution is -2.62. The third kappa shape index (κ3) is 4.79. The van der Waals surface area contributed by atoms with Gasteiger partial charge in [0.25, 0.3) is 0 Å². The molecule has 3 aromatic rings. The molecule has 0 radical (unpaired) electrons. The van der Waals surface area contributed by atoms with Crippen molar-refractivity contribution in [3.05, 3.63) is 99.8 Å². The highest BCUT2D eigenvalue weighted by Crippen LogP contribution is 2.71. The molecular weight excluding hydrogens is 695 g/mol. The van der Waals surface area contributed by atoms with Crippen LogP contribution in [-0.2, 0) is 22.0 Å². The topological polar surface area (TPSA) is 91.9 Å². The molecule has 9 rings (SSSR count). The summed E-state index contributed by atoms with van der Waals surface area (Å²) in [7, 11) is 0. The molecule has 1 aromatic heterocycles. The lowest BCUT2D eigenvalue weighted by Gasteiger charge is -2.64. The van der Waals surface area contributed by atoms with E-state index in [1.54, 1.807) is 0 Å². The molecule has 6 heteroatoms. The molecule has 0 spiro atoms. The molecule has 2 saturated carbocycles. The fraction of sp³-hybridized carbons (Fsp3) is 0.580. The lowest BCUT2D eigenvalue weighted by atomic mass is 9.40. The zero-order chi connectivity index (χ0) is 40.4. The Bertz CT molecular complexity index is 2280. The van der Waals surface area contributed by atoms with E-state index in [1.165, 1.54) is 16.8 Å². The van der Waals surface area contributed by atoms with E-state index in [9.17, 15) is 20.1 Å². The van der Waals surface area contributed by atoms with Crippen molar-refractivity contribution in [1.82, 2.24) is 4.57 Å². The summed E-state index contributed by atoms with van der Waals surface area (Å²) < 4.78 is 8.93. The third-order valence-corrected chi connectivity index (χ3v) is 16.4. The van der Waals surface area contributed by atoms with Crippen molar-refractivity contribution < 1.29 is 24.9 Å². The van der Waals surface area contributed by atoms with Gasteiger partial charge in [-0.25, -0.2) is 0 Å². The number of nitrogens with zero attached hydrogens (tertiary/aromatic N) is 1. The zero-order valence-corrected chi connectivity index (χ0v) is 35.5. The number of hydrogen-bond acceptors (Lipinski definition) is 5. The van der Waals surface area contributed by atoms with Gasteiger partial charge in [0.15, 0.2) is 5.78 Å². The van der Waals surface area contributed by atoms with Gasteiger partial charge in [-0.05, 0) is 129 Å². The van der Waals surface area contributed by atoms with E-state index in [0.717, 1.165) is 64.4 Å². The van der Waals surface area contributed by atoms with Gasteiger partial charge in [0.1, 0.15) is 6.04 Å². The van der Waals surface area contributed by atoms with Crippen LogP contribution >= 0.6 is 0 Å². The Hall–Kier alpha value is -3.29. The molecule has 4 aliphatic carbocycles. The summed E-state index contributed by atoms with van der Waals surface area (Å²) in [6.45, 7) is 28.4. The van der Waals surface area contributed by atoms with Gasteiger partial charge in [0.2, 0.25) is 0 Å². The number of hydrogen-bond donors (Lipinski definition) is 3. The van der Waals surface area contributed by atoms with E-state index in [-0.39, 0.29) is 33.9 Å². The highest BCUT2D eigenvalue weighted by Gasteiger charge is 2.68. The number of allylic oxidation sites excluding steroid dienone is 1. The van der Waals surface area contributed by atoms with E-state index in [2.05, 4.69) is 111 Å². The number of fused-ring (bicyclic) bond motifs is 11. The van der Waals surface area contributed by atoms with Gasteiger partial charge >= 0.3 is 0 Å². The van der Waals surface area contributed by atoms with Gasteiger partial charge in [0.05, 0.1) is 40.6 Å². The second-order valence-corrected chi connectivity index (χ2v) is 21.5. The number of ketones is 1. The Labute approximate surface area is 333 Å². The van der Waals surface area contributed by atoms with Gasteiger partial charge in [0, 0.05) is 33.4 Å². The average molecular weight is 758 g/mol. The SMILES string of the molecule is C=C(C)[C@H]1C(=O)c2c3c(cc4c5c(n1c24)[C@@]1(C)C(CC[C@H]2[C@](C)(/C=C/C(O)c4ccc(C(C)(C)C)cc4)[C@@H](O)CC[C@@]21C)C5)C1=CC(C)(C)OC(C)(C)C1[C@@H]3O. The number of benzene rings is 2. The van der Waals surface area contributed by atoms with Crippen LogP contribution in [0.25, 0.3) is 16.5 Å². The Balaban J connectivity index is 1.18. The molecule has 3 N–H and O–H groups in total.